The van der Waals surface area contributed by atoms with Gasteiger partial charge in [-0.3, -0.25) is 4.79 Å². The number of aromatic nitrogens is 1. The summed E-state index contributed by atoms with van der Waals surface area (Å²) in [6.07, 6.45) is 0. The van der Waals surface area contributed by atoms with Gasteiger partial charge in [-0.05, 0) is 6.92 Å². The molecule has 1 fully saturated rings. The Morgan fingerprint density at radius 2 is 1.88 bits per heavy atom. The number of nitrogens with zero attached hydrogens (tertiary/aromatic N) is 4. The number of nitrogens with one attached hydrogen (secondary N) is 1. The SMILES string of the molecule is CCNC(=NCc1cc(-c2ccccc2)on1)N1CCN(C(C)=O)CC1. The molecule has 2 aromatic rings. The molecule has 0 saturated carbocycles. The summed E-state index contributed by atoms with van der Waals surface area (Å²) in [6.45, 7) is 7.91. The van der Waals surface area contributed by atoms with Crippen LogP contribution in [0.2, 0.25) is 0 Å². The van der Waals surface area contributed by atoms with Gasteiger partial charge in [0.2, 0.25) is 5.91 Å². The van der Waals surface area contributed by atoms with E-state index in [1.807, 2.05) is 48.2 Å². The van der Waals surface area contributed by atoms with Gasteiger partial charge in [-0.15, -0.1) is 0 Å². The van der Waals surface area contributed by atoms with Crippen molar-refractivity contribution in [2.75, 3.05) is 32.7 Å². The fourth-order valence-electron chi connectivity index (χ4n) is 2.94. The predicted octanol–water partition coefficient (Wildman–Crippen LogP) is 1.97. The minimum atomic E-state index is 0.127. The molecule has 1 aliphatic heterocycles. The maximum Gasteiger partial charge on any atom is 0.219 e. The van der Waals surface area contributed by atoms with Crippen LogP contribution in [0.1, 0.15) is 19.5 Å². The van der Waals surface area contributed by atoms with E-state index in [0.717, 1.165) is 55.7 Å². The van der Waals surface area contributed by atoms with Crippen LogP contribution < -0.4 is 5.32 Å². The molecular formula is C19H25N5O2. The Balaban J connectivity index is 1.65. The Morgan fingerprint density at radius 1 is 1.19 bits per heavy atom. The van der Waals surface area contributed by atoms with Crippen molar-refractivity contribution < 1.29 is 9.32 Å². The van der Waals surface area contributed by atoms with Crippen LogP contribution in [-0.2, 0) is 11.3 Å². The average molecular weight is 355 g/mol. The zero-order valence-corrected chi connectivity index (χ0v) is 15.3. The van der Waals surface area contributed by atoms with Crippen molar-refractivity contribution in [3.05, 3.63) is 42.1 Å². The third-order valence-corrected chi connectivity index (χ3v) is 4.37. The van der Waals surface area contributed by atoms with Crippen LogP contribution in [0.15, 0.2) is 45.9 Å². The van der Waals surface area contributed by atoms with E-state index in [0.29, 0.717) is 6.54 Å². The maximum absolute atomic E-state index is 11.5. The second-order valence-corrected chi connectivity index (χ2v) is 6.21. The third-order valence-electron chi connectivity index (χ3n) is 4.37. The molecule has 2 heterocycles. The van der Waals surface area contributed by atoms with Crippen molar-refractivity contribution in [3.8, 4) is 11.3 Å². The smallest absolute Gasteiger partial charge is 0.219 e. The number of hydrogen-bond donors (Lipinski definition) is 1. The number of hydrogen-bond acceptors (Lipinski definition) is 4. The number of aliphatic imine (C=N–C) groups is 1. The van der Waals surface area contributed by atoms with Gasteiger partial charge in [-0.2, -0.15) is 0 Å². The van der Waals surface area contributed by atoms with Crippen LogP contribution >= 0.6 is 0 Å². The van der Waals surface area contributed by atoms with Crippen molar-refractivity contribution >= 4 is 11.9 Å². The molecule has 1 amide bonds. The fourth-order valence-corrected chi connectivity index (χ4v) is 2.94. The Labute approximate surface area is 153 Å². The first-order chi connectivity index (χ1) is 12.7. The summed E-state index contributed by atoms with van der Waals surface area (Å²) in [6, 6.07) is 11.8. The van der Waals surface area contributed by atoms with Gasteiger partial charge in [-0.25, -0.2) is 4.99 Å². The van der Waals surface area contributed by atoms with Gasteiger partial charge in [0.1, 0.15) is 5.69 Å². The molecule has 0 atom stereocenters. The summed E-state index contributed by atoms with van der Waals surface area (Å²) in [4.78, 5) is 20.2. The minimum Gasteiger partial charge on any atom is -0.357 e. The summed E-state index contributed by atoms with van der Waals surface area (Å²) >= 11 is 0. The summed E-state index contributed by atoms with van der Waals surface area (Å²) in [7, 11) is 0. The minimum absolute atomic E-state index is 0.127. The van der Waals surface area contributed by atoms with Crippen molar-refractivity contribution in [1.82, 2.24) is 20.3 Å². The molecule has 26 heavy (non-hydrogen) atoms. The second kappa shape index (κ2) is 8.51. The van der Waals surface area contributed by atoms with E-state index in [2.05, 4.69) is 20.4 Å². The van der Waals surface area contributed by atoms with Crippen LogP contribution in [-0.4, -0.2) is 59.5 Å². The number of piperazine rings is 1. The molecule has 1 aromatic carbocycles. The number of guanidine groups is 1. The highest BCUT2D eigenvalue weighted by molar-refractivity contribution is 5.80. The summed E-state index contributed by atoms with van der Waals surface area (Å²) < 4.78 is 5.43. The molecule has 1 N–H and O–H groups in total. The molecular weight excluding hydrogens is 330 g/mol. The largest absolute Gasteiger partial charge is 0.357 e. The summed E-state index contributed by atoms with van der Waals surface area (Å²) in [5.74, 6) is 1.72. The lowest BCUT2D eigenvalue weighted by Crippen LogP contribution is -2.53. The molecule has 1 saturated heterocycles. The van der Waals surface area contributed by atoms with Crippen LogP contribution in [0.5, 0.6) is 0 Å². The second-order valence-electron chi connectivity index (χ2n) is 6.21. The first-order valence-electron chi connectivity index (χ1n) is 8.97. The van der Waals surface area contributed by atoms with E-state index < -0.39 is 0 Å². The molecule has 3 rings (SSSR count). The van der Waals surface area contributed by atoms with Gasteiger partial charge >= 0.3 is 0 Å². The van der Waals surface area contributed by atoms with Gasteiger partial charge in [0.25, 0.3) is 0 Å². The molecule has 1 aromatic heterocycles. The number of carbonyl (C=O) groups is 1. The molecule has 0 unspecified atom stereocenters. The van der Waals surface area contributed by atoms with Gasteiger partial charge in [0.05, 0.1) is 6.54 Å². The zero-order chi connectivity index (χ0) is 18.4. The Hall–Kier alpha value is -2.83. The van der Waals surface area contributed by atoms with Crippen LogP contribution in [0, 0.1) is 0 Å². The monoisotopic (exact) mass is 355 g/mol. The van der Waals surface area contributed by atoms with Crippen molar-refractivity contribution in [3.63, 3.8) is 0 Å². The molecule has 138 valence electrons. The standard InChI is InChI=1S/C19H25N5O2/c1-3-20-19(24-11-9-23(10-12-24)15(2)25)21-14-17-13-18(26-22-17)16-7-5-4-6-8-16/h4-8,13H,3,9-12,14H2,1-2H3,(H,20,21). The Morgan fingerprint density at radius 3 is 2.54 bits per heavy atom. The highest BCUT2D eigenvalue weighted by Crippen LogP contribution is 2.20. The summed E-state index contributed by atoms with van der Waals surface area (Å²) in [5, 5.41) is 7.44. The quantitative estimate of drug-likeness (QED) is 0.670. The van der Waals surface area contributed by atoms with Crippen molar-refractivity contribution in [2.24, 2.45) is 4.99 Å². The van der Waals surface area contributed by atoms with E-state index in [1.54, 1.807) is 6.92 Å². The van der Waals surface area contributed by atoms with E-state index in [4.69, 9.17) is 4.52 Å². The lowest BCUT2D eigenvalue weighted by molar-refractivity contribution is -0.130. The molecule has 0 aliphatic carbocycles. The molecule has 7 nitrogen and oxygen atoms in total. The van der Waals surface area contributed by atoms with Gasteiger partial charge in [0, 0.05) is 51.3 Å². The van der Waals surface area contributed by atoms with Crippen molar-refractivity contribution in [2.45, 2.75) is 20.4 Å². The fraction of sp³-hybridized carbons (Fsp3) is 0.421. The van der Waals surface area contributed by atoms with Gasteiger partial charge in [0.15, 0.2) is 11.7 Å². The Kier molecular flexibility index (Phi) is 5.88. The lowest BCUT2D eigenvalue weighted by atomic mass is 10.2. The molecule has 0 spiro atoms. The molecule has 0 radical (unpaired) electrons. The normalized spacial score (nSPS) is 15.2. The lowest BCUT2D eigenvalue weighted by Gasteiger charge is -2.36. The van der Waals surface area contributed by atoms with Crippen molar-refractivity contribution in [1.29, 1.82) is 0 Å². The number of rotatable bonds is 4. The highest BCUT2D eigenvalue weighted by atomic mass is 16.5. The van der Waals surface area contributed by atoms with E-state index in [1.165, 1.54) is 0 Å². The zero-order valence-electron chi connectivity index (χ0n) is 15.3. The van der Waals surface area contributed by atoms with E-state index in [9.17, 15) is 4.79 Å². The van der Waals surface area contributed by atoms with Crippen LogP contribution in [0.4, 0.5) is 0 Å². The van der Waals surface area contributed by atoms with Gasteiger partial charge in [-0.1, -0.05) is 35.5 Å². The van der Waals surface area contributed by atoms with Gasteiger partial charge < -0.3 is 19.6 Å². The third kappa shape index (κ3) is 4.41. The van der Waals surface area contributed by atoms with Crippen LogP contribution in [0.25, 0.3) is 11.3 Å². The Bertz CT molecular complexity index is 748. The number of carbonyl (C=O) groups excluding carboxylic acids is 1. The predicted molar refractivity (Wildman–Crippen MR) is 101 cm³/mol. The first-order valence-corrected chi connectivity index (χ1v) is 8.97. The van der Waals surface area contributed by atoms with E-state index >= 15 is 0 Å². The first kappa shape index (κ1) is 18.0. The number of amides is 1. The van der Waals surface area contributed by atoms with E-state index in [-0.39, 0.29) is 5.91 Å². The summed E-state index contributed by atoms with van der Waals surface area (Å²) in [5.41, 5.74) is 1.80. The molecule has 1 aliphatic rings. The van der Waals surface area contributed by atoms with Crippen LogP contribution in [0.3, 0.4) is 0 Å². The molecule has 0 bridgehead atoms. The number of benzene rings is 1. The maximum atomic E-state index is 11.5. The average Bonchev–Trinajstić information content (AvgIpc) is 3.15. The molecule has 7 heteroatoms. The highest BCUT2D eigenvalue weighted by Gasteiger charge is 2.21. The topological polar surface area (TPSA) is 74.0 Å².